The standard InChI is InChI=1S/C14H21F3N2O5/c1-13(2,8-14(15,16)17)24-12(22)10(5-4-9(20)6-18)19-11(21)7-23-3/h6,10,18H,4-5,7-8H2,1-3H3,(H,19,21)/t10-/m0/s1. The van der Waals surface area contributed by atoms with E-state index in [4.69, 9.17) is 10.1 Å². The molecule has 0 aliphatic rings. The highest BCUT2D eigenvalue weighted by molar-refractivity contribution is 6.26. The maximum atomic E-state index is 12.5. The van der Waals surface area contributed by atoms with Gasteiger partial charge >= 0.3 is 12.1 Å². The van der Waals surface area contributed by atoms with Gasteiger partial charge in [0.15, 0.2) is 5.78 Å². The second-order valence-corrected chi connectivity index (χ2v) is 5.68. The average Bonchev–Trinajstić information content (AvgIpc) is 2.39. The first-order valence-electron chi connectivity index (χ1n) is 7.01. The van der Waals surface area contributed by atoms with Crippen LogP contribution in [-0.2, 0) is 23.9 Å². The van der Waals surface area contributed by atoms with Crippen LogP contribution in [0.3, 0.4) is 0 Å². The fourth-order valence-corrected chi connectivity index (χ4v) is 1.84. The van der Waals surface area contributed by atoms with Crippen molar-refractivity contribution in [3.05, 3.63) is 0 Å². The molecule has 0 saturated carbocycles. The molecule has 0 fully saturated rings. The normalized spacial score (nSPS) is 13.1. The van der Waals surface area contributed by atoms with Crippen LogP contribution in [0.25, 0.3) is 0 Å². The summed E-state index contributed by atoms with van der Waals surface area (Å²) in [4.78, 5) is 34.7. The Morgan fingerprint density at radius 2 is 1.83 bits per heavy atom. The third-order valence-electron chi connectivity index (χ3n) is 2.74. The van der Waals surface area contributed by atoms with E-state index in [1.165, 1.54) is 7.11 Å². The van der Waals surface area contributed by atoms with Crippen LogP contribution in [0.2, 0.25) is 0 Å². The number of carbonyl (C=O) groups excluding carboxylic acids is 3. The van der Waals surface area contributed by atoms with Gasteiger partial charge in [0.1, 0.15) is 18.2 Å². The van der Waals surface area contributed by atoms with Gasteiger partial charge < -0.3 is 20.2 Å². The van der Waals surface area contributed by atoms with Gasteiger partial charge in [-0.2, -0.15) is 13.2 Å². The molecule has 0 aromatic heterocycles. The van der Waals surface area contributed by atoms with E-state index < -0.39 is 41.9 Å². The minimum Gasteiger partial charge on any atom is -0.458 e. The third kappa shape index (κ3) is 9.93. The van der Waals surface area contributed by atoms with E-state index >= 15 is 0 Å². The molecule has 1 amide bonds. The Hall–Kier alpha value is -1.97. The molecule has 0 aliphatic heterocycles. The summed E-state index contributed by atoms with van der Waals surface area (Å²) in [7, 11) is 1.25. The van der Waals surface area contributed by atoms with Gasteiger partial charge in [0.2, 0.25) is 5.91 Å². The number of rotatable bonds is 10. The lowest BCUT2D eigenvalue weighted by Gasteiger charge is -2.28. The zero-order chi connectivity index (χ0) is 19.0. The molecule has 0 heterocycles. The summed E-state index contributed by atoms with van der Waals surface area (Å²) in [6.45, 7) is 1.82. The molecule has 0 aliphatic carbocycles. The Labute approximate surface area is 137 Å². The lowest BCUT2D eigenvalue weighted by atomic mass is 10.0. The lowest BCUT2D eigenvalue weighted by molar-refractivity contribution is -0.190. The minimum absolute atomic E-state index is 0.204. The molecule has 2 N–H and O–H groups in total. The molecule has 24 heavy (non-hydrogen) atoms. The lowest BCUT2D eigenvalue weighted by Crippen LogP contribution is -2.46. The highest BCUT2D eigenvalue weighted by Crippen LogP contribution is 2.29. The number of hydrogen-bond acceptors (Lipinski definition) is 6. The number of carbonyl (C=O) groups is 3. The molecule has 1 atom stereocenters. The summed E-state index contributed by atoms with van der Waals surface area (Å²) < 4.78 is 46.8. The molecule has 0 rings (SSSR count). The van der Waals surface area contributed by atoms with Gasteiger partial charge in [-0.25, -0.2) is 4.79 Å². The van der Waals surface area contributed by atoms with E-state index in [9.17, 15) is 27.6 Å². The van der Waals surface area contributed by atoms with Crippen LogP contribution in [0.1, 0.15) is 33.1 Å². The van der Waals surface area contributed by atoms with Gasteiger partial charge in [-0.15, -0.1) is 0 Å². The van der Waals surface area contributed by atoms with Gasteiger partial charge in [-0.3, -0.25) is 9.59 Å². The Bertz CT molecular complexity index is 478. The van der Waals surface area contributed by atoms with Crippen LogP contribution in [-0.4, -0.2) is 55.4 Å². The number of halogens is 3. The van der Waals surface area contributed by atoms with Crippen LogP contribution in [0.5, 0.6) is 0 Å². The molecule has 0 radical (unpaired) electrons. The zero-order valence-corrected chi connectivity index (χ0v) is 13.7. The summed E-state index contributed by atoms with van der Waals surface area (Å²) >= 11 is 0. The van der Waals surface area contributed by atoms with Crippen molar-refractivity contribution in [2.75, 3.05) is 13.7 Å². The SMILES string of the molecule is COCC(=O)N[C@@H](CCC(=O)C=N)C(=O)OC(C)(C)CC(F)(F)F. The fraction of sp³-hybridized carbons (Fsp3) is 0.714. The minimum atomic E-state index is -4.53. The van der Waals surface area contributed by atoms with Crippen molar-refractivity contribution in [3.8, 4) is 0 Å². The van der Waals surface area contributed by atoms with E-state index in [1.807, 2.05) is 0 Å². The van der Waals surface area contributed by atoms with Crippen LogP contribution < -0.4 is 5.32 Å². The van der Waals surface area contributed by atoms with Crippen LogP contribution >= 0.6 is 0 Å². The first kappa shape index (κ1) is 22.0. The molecule has 0 unspecified atom stereocenters. The van der Waals surface area contributed by atoms with Gasteiger partial charge in [-0.1, -0.05) is 0 Å². The van der Waals surface area contributed by atoms with Crippen molar-refractivity contribution in [3.63, 3.8) is 0 Å². The zero-order valence-electron chi connectivity index (χ0n) is 13.7. The van der Waals surface area contributed by atoms with Crippen LogP contribution in [0.15, 0.2) is 0 Å². The van der Waals surface area contributed by atoms with E-state index in [0.717, 1.165) is 13.8 Å². The van der Waals surface area contributed by atoms with Crippen molar-refractivity contribution in [2.24, 2.45) is 0 Å². The Balaban J connectivity index is 4.96. The average molecular weight is 354 g/mol. The van der Waals surface area contributed by atoms with Crippen molar-refractivity contribution >= 4 is 23.9 Å². The number of ether oxygens (including phenoxy) is 2. The molecule has 10 heteroatoms. The van der Waals surface area contributed by atoms with E-state index in [0.29, 0.717) is 6.21 Å². The van der Waals surface area contributed by atoms with E-state index in [-0.39, 0.29) is 19.4 Å². The largest absolute Gasteiger partial charge is 0.458 e. The number of alkyl halides is 3. The molecule has 0 saturated heterocycles. The molecule has 7 nitrogen and oxygen atoms in total. The summed E-state index contributed by atoms with van der Waals surface area (Å²) in [5.41, 5.74) is -1.83. The van der Waals surface area contributed by atoms with Crippen molar-refractivity contribution in [1.82, 2.24) is 5.32 Å². The second-order valence-electron chi connectivity index (χ2n) is 5.68. The van der Waals surface area contributed by atoms with Crippen molar-refractivity contribution in [1.29, 1.82) is 5.41 Å². The highest BCUT2D eigenvalue weighted by atomic mass is 19.4. The molecule has 0 bridgehead atoms. The number of Topliss-reactive ketones (excluding diaryl/α,β-unsaturated/α-hetero) is 1. The first-order chi connectivity index (χ1) is 10.9. The molecule has 0 aromatic carbocycles. The number of amides is 1. The fourth-order valence-electron chi connectivity index (χ4n) is 1.84. The molecular weight excluding hydrogens is 333 g/mol. The monoisotopic (exact) mass is 354 g/mol. The molecule has 0 aromatic rings. The van der Waals surface area contributed by atoms with Gasteiger partial charge in [0, 0.05) is 13.5 Å². The second kappa shape index (κ2) is 9.36. The van der Waals surface area contributed by atoms with Gasteiger partial charge in [0.05, 0.1) is 12.6 Å². The van der Waals surface area contributed by atoms with Gasteiger partial charge in [-0.05, 0) is 20.3 Å². The Morgan fingerprint density at radius 3 is 2.29 bits per heavy atom. The number of methoxy groups -OCH3 is 1. The van der Waals surface area contributed by atoms with Crippen LogP contribution in [0.4, 0.5) is 13.2 Å². The number of hydrogen-bond donors (Lipinski definition) is 2. The Kier molecular flexibility index (Phi) is 8.59. The number of esters is 1. The first-order valence-corrected chi connectivity index (χ1v) is 7.01. The summed E-state index contributed by atoms with van der Waals surface area (Å²) in [5, 5.41) is 9.02. The smallest absolute Gasteiger partial charge is 0.392 e. The Morgan fingerprint density at radius 1 is 1.25 bits per heavy atom. The highest BCUT2D eigenvalue weighted by Gasteiger charge is 2.40. The summed E-state index contributed by atoms with van der Waals surface area (Å²) in [6, 6.07) is -1.32. The van der Waals surface area contributed by atoms with E-state index in [1.54, 1.807) is 0 Å². The molecule has 0 spiro atoms. The molecular formula is C14H21F3N2O5. The topological polar surface area (TPSA) is 106 Å². The van der Waals surface area contributed by atoms with Gasteiger partial charge in [0.25, 0.3) is 0 Å². The van der Waals surface area contributed by atoms with Crippen molar-refractivity contribution < 1.29 is 37.0 Å². The predicted octanol–water partition coefficient (Wildman–Crippen LogP) is 1.39. The summed E-state index contributed by atoms with van der Waals surface area (Å²) in [6.07, 6.45) is -5.79. The van der Waals surface area contributed by atoms with Crippen molar-refractivity contribution in [2.45, 2.75) is 50.9 Å². The van der Waals surface area contributed by atoms with Crippen LogP contribution in [0, 0.1) is 5.41 Å². The quantitative estimate of drug-likeness (QED) is 0.456. The predicted molar refractivity (Wildman–Crippen MR) is 77.7 cm³/mol. The number of nitrogens with one attached hydrogen (secondary N) is 2. The summed E-state index contributed by atoms with van der Waals surface area (Å²) in [5.74, 6) is -2.37. The maximum absolute atomic E-state index is 12.5. The maximum Gasteiger partial charge on any atom is 0.392 e. The third-order valence-corrected chi connectivity index (χ3v) is 2.74. The molecule has 138 valence electrons. The number of ketones is 1. The van der Waals surface area contributed by atoms with E-state index in [2.05, 4.69) is 10.1 Å².